The number of benzene rings is 1. The zero-order valence-corrected chi connectivity index (χ0v) is 9.30. The highest BCUT2D eigenvalue weighted by molar-refractivity contribution is 5.86. The van der Waals surface area contributed by atoms with Crippen LogP contribution in [0, 0.1) is 0 Å². The normalized spacial score (nSPS) is 10.9. The van der Waals surface area contributed by atoms with E-state index in [2.05, 4.69) is 5.10 Å². The number of nitrogens with zero attached hydrogens (tertiary/aromatic N) is 2. The van der Waals surface area contributed by atoms with Gasteiger partial charge in [-0.2, -0.15) is 5.10 Å². The van der Waals surface area contributed by atoms with Crippen LogP contribution in [0.15, 0.2) is 24.4 Å². The largest absolute Gasteiger partial charge is 0.377 e. The van der Waals surface area contributed by atoms with E-state index in [9.17, 15) is 9.18 Å². The average molecular weight is 236 g/mol. The number of hydrogen-bond acceptors (Lipinski definition) is 3. The average Bonchev–Trinajstić information content (AvgIpc) is 2.76. The number of rotatable bonds is 6. The van der Waals surface area contributed by atoms with E-state index in [1.54, 1.807) is 22.9 Å². The molecule has 0 atom stereocenters. The third kappa shape index (κ3) is 2.88. The van der Waals surface area contributed by atoms with Crippen molar-refractivity contribution in [2.45, 2.75) is 6.54 Å². The van der Waals surface area contributed by atoms with E-state index in [0.717, 1.165) is 17.2 Å². The maximum atomic E-state index is 11.8. The lowest BCUT2D eigenvalue weighted by Gasteiger charge is -2.01. The molecular formula is C12H13FN2O2. The summed E-state index contributed by atoms with van der Waals surface area (Å²) in [6, 6.07) is 5.32. The van der Waals surface area contributed by atoms with Crippen molar-refractivity contribution >= 4 is 17.2 Å². The van der Waals surface area contributed by atoms with E-state index in [1.165, 1.54) is 0 Å². The summed E-state index contributed by atoms with van der Waals surface area (Å²) < 4.78 is 18.6. The Hall–Kier alpha value is -1.75. The second-order valence-electron chi connectivity index (χ2n) is 3.63. The van der Waals surface area contributed by atoms with Gasteiger partial charge in [0.05, 0.1) is 25.3 Å². The summed E-state index contributed by atoms with van der Waals surface area (Å²) in [6.45, 7) is 0.656. The molecule has 1 aromatic carbocycles. The first-order valence-electron chi connectivity index (χ1n) is 5.39. The lowest BCUT2D eigenvalue weighted by molar-refractivity contribution is 0.110. The van der Waals surface area contributed by atoms with Crippen molar-refractivity contribution in [2.75, 3.05) is 19.9 Å². The lowest BCUT2D eigenvalue weighted by Crippen LogP contribution is -2.07. The molecule has 2 aromatic rings. The summed E-state index contributed by atoms with van der Waals surface area (Å²) in [4.78, 5) is 10.6. The van der Waals surface area contributed by atoms with Crippen molar-refractivity contribution in [2.24, 2.45) is 0 Å². The van der Waals surface area contributed by atoms with Crippen LogP contribution in [-0.2, 0) is 11.3 Å². The molecule has 0 aliphatic rings. The third-order valence-corrected chi connectivity index (χ3v) is 2.40. The van der Waals surface area contributed by atoms with Gasteiger partial charge in [0.25, 0.3) is 0 Å². The maximum absolute atomic E-state index is 11.8. The van der Waals surface area contributed by atoms with Gasteiger partial charge in [-0.05, 0) is 18.2 Å². The molecule has 0 unspecified atom stereocenters. The Morgan fingerprint density at radius 1 is 1.41 bits per heavy atom. The predicted octanol–water partition coefficient (Wildman–Crippen LogP) is 1.83. The molecule has 0 saturated carbocycles. The topological polar surface area (TPSA) is 44.1 Å². The van der Waals surface area contributed by atoms with E-state index < -0.39 is 6.67 Å². The Morgan fingerprint density at radius 2 is 2.29 bits per heavy atom. The summed E-state index contributed by atoms with van der Waals surface area (Å²) >= 11 is 0. The highest BCUT2D eigenvalue weighted by Gasteiger charge is 2.01. The molecule has 0 N–H and O–H groups in total. The summed E-state index contributed by atoms with van der Waals surface area (Å²) in [6.07, 6.45) is 2.66. The zero-order chi connectivity index (χ0) is 12.1. The van der Waals surface area contributed by atoms with Crippen LogP contribution in [0.4, 0.5) is 4.39 Å². The first-order valence-corrected chi connectivity index (χ1v) is 5.39. The van der Waals surface area contributed by atoms with E-state index >= 15 is 0 Å². The molecule has 0 spiro atoms. The number of alkyl halides is 1. The molecule has 0 amide bonds. The molecule has 90 valence electrons. The van der Waals surface area contributed by atoms with Gasteiger partial charge >= 0.3 is 0 Å². The number of hydrogen-bond donors (Lipinski definition) is 0. The molecule has 0 aliphatic heterocycles. The smallest absolute Gasteiger partial charge is 0.150 e. The van der Waals surface area contributed by atoms with Crippen molar-refractivity contribution < 1.29 is 13.9 Å². The number of fused-ring (bicyclic) bond motifs is 1. The predicted molar refractivity (Wildman–Crippen MR) is 61.9 cm³/mol. The summed E-state index contributed by atoms with van der Waals surface area (Å²) in [7, 11) is 0. The Labute approximate surface area is 98.0 Å². The first-order chi connectivity index (χ1) is 8.33. The van der Waals surface area contributed by atoms with Crippen LogP contribution in [0.2, 0.25) is 0 Å². The van der Waals surface area contributed by atoms with Gasteiger partial charge in [0.15, 0.2) is 0 Å². The first kappa shape index (κ1) is 11.7. The van der Waals surface area contributed by atoms with Crippen LogP contribution < -0.4 is 0 Å². The molecular weight excluding hydrogens is 223 g/mol. The van der Waals surface area contributed by atoms with Crippen LogP contribution in [0.1, 0.15) is 10.4 Å². The molecule has 5 heteroatoms. The zero-order valence-electron chi connectivity index (χ0n) is 9.30. The minimum atomic E-state index is -0.468. The standard InChI is InChI=1S/C12H13FN2O2/c13-3-5-17-6-4-15-8-11-7-10(9-16)1-2-12(11)14-15/h1-2,7-9H,3-6H2. The summed E-state index contributed by atoms with van der Waals surface area (Å²) in [5.41, 5.74) is 1.46. The molecule has 0 aliphatic carbocycles. The van der Waals surface area contributed by atoms with Gasteiger partial charge < -0.3 is 4.74 Å². The summed E-state index contributed by atoms with van der Waals surface area (Å²) in [5, 5.41) is 5.23. The van der Waals surface area contributed by atoms with Crippen molar-refractivity contribution in [1.82, 2.24) is 9.78 Å². The van der Waals surface area contributed by atoms with Gasteiger partial charge in [-0.25, -0.2) is 4.39 Å². The number of aldehydes is 1. The van der Waals surface area contributed by atoms with Gasteiger partial charge in [0, 0.05) is 17.1 Å². The fourth-order valence-corrected chi connectivity index (χ4v) is 1.60. The number of halogens is 1. The van der Waals surface area contributed by atoms with E-state index in [4.69, 9.17) is 4.74 Å². The minimum Gasteiger partial charge on any atom is -0.377 e. The molecule has 17 heavy (non-hydrogen) atoms. The molecule has 1 aromatic heterocycles. The number of aromatic nitrogens is 2. The van der Waals surface area contributed by atoms with Crippen molar-refractivity contribution in [3.63, 3.8) is 0 Å². The maximum Gasteiger partial charge on any atom is 0.150 e. The Bertz CT molecular complexity index is 510. The quantitative estimate of drug-likeness (QED) is 0.567. The Morgan fingerprint density at radius 3 is 3.06 bits per heavy atom. The van der Waals surface area contributed by atoms with E-state index in [0.29, 0.717) is 18.7 Å². The minimum absolute atomic E-state index is 0.121. The van der Waals surface area contributed by atoms with Crippen molar-refractivity contribution in [3.05, 3.63) is 30.0 Å². The molecule has 2 rings (SSSR count). The van der Waals surface area contributed by atoms with Crippen molar-refractivity contribution in [1.29, 1.82) is 0 Å². The number of ether oxygens (including phenoxy) is 1. The fourth-order valence-electron chi connectivity index (χ4n) is 1.60. The molecule has 0 fully saturated rings. The van der Waals surface area contributed by atoms with Crippen LogP contribution in [0.25, 0.3) is 10.9 Å². The Kier molecular flexibility index (Phi) is 3.82. The molecule has 0 saturated heterocycles. The second-order valence-corrected chi connectivity index (χ2v) is 3.63. The monoisotopic (exact) mass is 236 g/mol. The number of carbonyl (C=O) groups excluding carboxylic acids is 1. The van der Waals surface area contributed by atoms with Gasteiger partial charge in [0.2, 0.25) is 0 Å². The van der Waals surface area contributed by atoms with Gasteiger partial charge in [-0.3, -0.25) is 9.48 Å². The third-order valence-electron chi connectivity index (χ3n) is 2.40. The molecule has 0 bridgehead atoms. The van der Waals surface area contributed by atoms with Crippen LogP contribution in [0.3, 0.4) is 0 Å². The van der Waals surface area contributed by atoms with Gasteiger partial charge in [-0.15, -0.1) is 0 Å². The van der Waals surface area contributed by atoms with Gasteiger partial charge in [-0.1, -0.05) is 0 Å². The second kappa shape index (κ2) is 5.54. The molecule has 4 nitrogen and oxygen atoms in total. The Balaban J connectivity index is 2.06. The van der Waals surface area contributed by atoms with E-state index in [-0.39, 0.29) is 6.61 Å². The van der Waals surface area contributed by atoms with Crippen LogP contribution >= 0.6 is 0 Å². The van der Waals surface area contributed by atoms with Crippen LogP contribution in [-0.4, -0.2) is 36.0 Å². The fraction of sp³-hybridized carbons (Fsp3) is 0.333. The van der Waals surface area contributed by atoms with E-state index in [1.807, 2.05) is 6.20 Å². The molecule has 1 heterocycles. The highest BCUT2D eigenvalue weighted by Crippen LogP contribution is 2.13. The van der Waals surface area contributed by atoms with Gasteiger partial charge in [0.1, 0.15) is 13.0 Å². The van der Waals surface area contributed by atoms with Crippen LogP contribution in [0.5, 0.6) is 0 Å². The molecule has 0 radical (unpaired) electrons. The van der Waals surface area contributed by atoms with Crippen molar-refractivity contribution in [3.8, 4) is 0 Å². The number of carbonyl (C=O) groups is 1. The highest BCUT2D eigenvalue weighted by atomic mass is 19.1. The summed E-state index contributed by atoms with van der Waals surface area (Å²) in [5.74, 6) is 0. The lowest BCUT2D eigenvalue weighted by atomic mass is 10.2. The SMILES string of the molecule is O=Cc1ccc2nn(CCOCCF)cc2c1.